The zero-order chi connectivity index (χ0) is 11.9. The molecule has 2 aliphatic rings. The van der Waals surface area contributed by atoms with Crippen LogP contribution in [0.2, 0.25) is 0 Å². The van der Waals surface area contributed by atoms with E-state index >= 15 is 0 Å². The molecule has 2 aliphatic carbocycles. The fourth-order valence-corrected chi connectivity index (χ4v) is 2.93. The van der Waals surface area contributed by atoms with Crippen LogP contribution in [0.5, 0.6) is 0 Å². The van der Waals surface area contributed by atoms with E-state index in [1.807, 2.05) is 0 Å². The fourth-order valence-electron chi connectivity index (χ4n) is 2.93. The Balaban J connectivity index is 2.19. The van der Waals surface area contributed by atoms with Crippen LogP contribution in [0.3, 0.4) is 0 Å². The van der Waals surface area contributed by atoms with E-state index in [4.69, 9.17) is 0 Å². The lowest BCUT2D eigenvalue weighted by Gasteiger charge is -2.14. The number of allylic oxidation sites excluding steroid dienone is 2. The van der Waals surface area contributed by atoms with Crippen molar-refractivity contribution < 1.29 is 0 Å². The molecule has 2 aromatic carbocycles. The normalized spacial score (nSPS) is 14.9. The lowest BCUT2D eigenvalue weighted by Crippen LogP contribution is -1.94. The monoisotopic (exact) mass is 228 g/mol. The number of hydrogen-bond acceptors (Lipinski definition) is 0. The van der Waals surface area contributed by atoms with Crippen molar-refractivity contribution in [2.75, 3.05) is 0 Å². The molecule has 0 saturated heterocycles. The van der Waals surface area contributed by atoms with E-state index in [1.54, 1.807) is 0 Å². The van der Waals surface area contributed by atoms with E-state index in [-0.39, 0.29) is 0 Å². The predicted molar refractivity (Wildman–Crippen MR) is 74.7 cm³/mol. The van der Waals surface area contributed by atoms with E-state index in [0.717, 1.165) is 12.8 Å². The molecular formula is C18H12. The zero-order valence-corrected chi connectivity index (χ0v) is 10.0. The average molecular weight is 228 g/mol. The van der Waals surface area contributed by atoms with E-state index in [2.05, 4.69) is 60.7 Å². The van der Waals surface area contributed by atoms with Crippen LogP contribution >= 0.6 is 0 Å². The van der Waals surface area contributed by atoms with Crippen LogP contribution in [0.25, 0.3) is 23.3 Å². The Labute approximate surface area is 107 Å². The van der Waals surface area contributed by atoms with Gasteiger partial charge in [-0.05, 0) is 58.4 Å². The van der Waals surface area contributed by atoms with Crippen molar-refractivity contribution in [2.45, 2.75) is 12.8 Å². The summed E-state index contributed by atoms with van der Waals surface area (Å²) in [6.45, 7) is 0. The standard InChI is InChI=1S/C18H12/c1-5-13-9-3-11-15-7-2-8-16-12-4-10-14(6-1)17(13)18(15)16/h1-2,5-9,12H,10-11H2. The molecule has 4 rings (SSSR count). The highest BCUT2D eigenvalue weighted by atomic mass is 14.2. The maximum Gasteiger partial charge on any atom is -0.00163 e. The summed E-state index contributed by atoms with van der Waals surface area (Å²) in [5.74, 6) is 0. The first-order chi connectivity index (χ1) is 8.93. The van der Waals surface area contributed by atoms with Crippen LogP contribution < -0.4 is 0 Å². The van der Waals surface area contributed by atoms with Gasteiger partial charge in [-0.25, -0.2) is 0 Å². The smallest absolute Gasteiger partial charge is 0.00163 e. The summed E-state index contributed by atoms with van der Waals surface area (Å²) in [6, 6.07) is 13.1. The van der Waals surface area contributed by atoms with Gasteiger partial charge in [0.25, 0.3) is 0 Å². The van der Waals surface area contributed by atoms with Gasteiger partial charge in [0.2, 0.25) is 0 Å². The van der Waals surface area contributed by atoms with Crippen molar-refractivity contribution in [3.63, 3.8) is 0 Å². The van der Waals surface area contributed by atoms with Crippen molar-refractivity contribution >= 4 is 12.2 Å². The third-order valence-electron chi connectivity index (χ3n) is 3.72. The fraction of sp³-hybridized carbons (Fsp3) is 0.111. The highest BCUT2D eigenvalue weighted by molar-refractivity contribution is 5.87. The quantitative estimate of drug-likeness (QED) is 0.637. The summed E-state index contributed by atoms with van der Waals surface area (Å²) in [4.78, 5) is 0. The van der Waals surface area contributed by atoms with Gasteiger partial charge in [-0.1, -0.05) is 48.6 Å². The van der Waals surface area contributed by atoms with Gasteiger partial charge in [-0.2, -0.15) is 0 Å². The maximum atomic E-state index is 3.40. The molecule has 84 valence electrons. The Morgan fingerprint density at radius 2 is 1.17 bits per heavy atom. The van der Waals surface area contributed by atoms with Crippen molar-refractivity contribution in [1.82, 2.24) is 0 Å². The van der Waals surface area contributed by atoms with Gasteiger partial charge in [0.15, 0.2) is 0 Å². The molecule has 0 heteroatoms. The minimum Gasteiger partial charge on any atom is -0.0613 e. The van der Waals surface area contributed by atoms with Gasteiger partial charge < -0.3 is 0 Å². The lowest BCUT2D eigenvalue weighted by molar-refractivity contribution is 1.24. The summed E-state index contributed by atoms with van der Waals surface area (Å²) in [7, 11) is 0. The van der Waals surface area contributed by atoms with Crippen LogP contribution in [-0.4, -0.2) is 0 Å². The average Bonchev–Trinajstić information content (AvgIpc) is 2.70. The second kappa shape index (κ2) is 3.71. The van der Waals surface area contributed by atoms with Gasteiger partial charge >= 0.3 is 0 Å². The molecule has 0 N–H and O–H groups in total. The minimum atomic E-state index is 0.894. The molecule has 0 atom stereocenters. The molecule has 2 aromatic rings. The largest absolute Gasteiger partial charge is 0.0613 e. The van der Waals surface area contributed by atoms with Crippen LogP contribution in [0.1, 0.15) is 22.3 Å². The molecule has 0 spiro atoms. The highest BCUT2D eigenvalue weighted by Gasteiger charge is 2.18. The molecule has 0 amide bonds. The van der Waals surface area contributed by atoms with Gasteiger partial charge in [0.1, 0.15) is 0 Å². The molecule has 0 fully saturated rings. The molecule has 0 unspecified atom stereocenters. The number of hydrogen-bond donors (Lipinski definition) is 0. The first kappa shape index (κ1) is 9.90. The lowest BCUT2D eigenvalue weighted by atomic mass is 9.89. The third kappa shape index (κ3) is 1.32. The Bertz CT molecular complexity index is 626. The number of rotatable bonds is 0. The summed E-state index contributed by atoms with van der Waals surface area (Å²) in [6.07, 6.45) is 12.9. The molecule has 0 aromatic heterocycles. The third-order valence-corrected chi connectivity index (χ3v) is 3.72. The summed E-state index contributed by atoms with van der Waals surface area (Å²) < 4.78 is 0. The van der Waals surface area contributed by atoms with Crippen LogP contribution in [0, 0.1) is 12.2 Å². The number of benzene rings is 2. The Hall–Kier alpha value is -2.08. The van der Waals surface area contributed by atoms with Crippen LogP contribution in [-0.2, 0) is 12.8 Å². The molecule has 0 heterocycles. The van der Waals surface area contributed by atoms with E-state index < -0.39 is 0 Å². The predicted octanol–water partition coefficient (Wildman–Crippen LogP) is 4.10. The van der Waals surface area contributed by atoms with Gasteiger partial charge in [-0.15, -0.1) is 0 Å². The maximum absolute atomic E-state index is 3.40. The van der Waals surface area contributed by atoms with Crippen LogP contribution in [0.15, 0.2) is 36.4 Å². The van der Waals surface area contributed by atoms with Crippen molar-refractivity contribution in [1.29, 1.82) is 0 Å². The van der Waals surface area contributed by atoms with Gasteiger partial charge in [0.05, 0.1) is 0 Å². The molecule has 0 saturated carbocycles. The summed E-state index contributed by atoms with van der Waals surface area (Å²) >= 11 is 0. The van der Waals surface area contributed by atoms with E-state index in [9.17, 15) is 0 Å². The van der Waals surface area contributed by atoms with Crippen molar-refractivity contribution in [2.24, 2.45) is 0 Å². The first-order valence-electron chi connectivity index (χ1n) is 6.31. The zero-order valence-electron chi connectivity index (χ0n) is 10.0. The summed E-state index contributed by atoms with van der Waals surface area (Å²) in [5, 5.41) is 0. The molecule has 0 bridgehead atoms. The SMILES string of the molecule is [C]1=Cc2cccc3c2-c2c(cccc2C1)C=[C]C3. The minimum absolute atomic E-state index is 0.894. The molecule has 0 nitrogen and oxygen atoms in total. The van der Waals surface area contributed by atoms with Crippen molar-refractivity contribution in [3.8, 4) is 11.1 Å². The molecular weight excluding hydrogens is 216 g/mol. The van der Waals surface area contributed by atoms with Gasteiger partial charge in [0, 0.05) is 0 Å². The van der Waals surface area contributed by atoms with Crippen LogP contribution in [0.4, 0.5) is 0 Å². The van der Waals surface area contributed by atoms with E-state index in [0.29, 0.717) is 0 Å². The molecule has 2 radical (unpaired) electrons. The molecule has 0 aliphatic heterocycles. The second-order valence-corrected chi connectivity index (χ2v) is 4.81. The topological polar surface area (TPSA) is 0 Å². The van der Waals surface area contributed by atoms with Gasteiger partial charge in [-0.3, -0.25) is 0 Å². The Morgan fingerprint density at radius 3 is 1.67 bits per heavy atom. The molecule has 18 heavy (non-hydrogen) atoms. The van der Waals surface area contributed by atoms with Crippen molar-refractivity contribution in [3.05, 3.63) is 70.8 Å². The highest BCUT2D eigenvalue weighted by Crippen LogP contribution is 2.38. The second-order valence-electron chi connectivity index (χ2n) is 4.81. The summed E-state index contributed by atoms with van der Waals surface area (Å²) in [5.41, 5.74) is 8.08. The first-order valence-corrected chi connectivity index (χ1v) is 6.31. The Kier molecular flexibility index (Phi) is 2.04. The Morgan fingerprint density at radius 1 is 0.667 bits per heavy atom. The van der Waals surface area contributed by atoms with E-state index in [1.165, 1.54) is 33.4 Å².